The summed E-state index contributed by atoms with van der Waals surface area (Å²) in [6.07, 6.45) is 5.17. The number of amides is 1. The van der Waals surface area contributed by atoms with E-state index in [0.717, 1.165) is 36.1 Å². The third-order valence-electron chi connectivity index (χ3n) is 4.62. The molecule has 0 unspecified atom stereocenters. The van der Waals surface area contributed by atoms with Crippen molar-refractivity contribution in [3.05, 3.63) is 42.2 Å². The van der Waals surface area contributed by atoms with Crippen molar-refractivity contribution in [3.8, 4) is 11.1 Å². The third kappa shape index (κ3) is 3.50. The first kappa shape index (κ1) is 17.0. The van der Waals surface area contributed by atoms with Gasteiger partial charge in [0.2, 0.25) is 0 Å². The van der Waals surface area contributed by atoms with Gasteiger partial charge in [0.15, 0.2) is 0 Å². The fraction of sp³-hybridized carbons (Fsp3) is 0.389. The van der Waals surface area contributed by atoms with Gasteiger partial charge in [0.25, 0.3) is 0 Å². The standard InChI is InChI=1S/C18H22N4O3/c1-2-21-12-15(11-19-21)13-6-5-7-14(10-13)17(20-25)16-8-3-4-9-22(16)18(23)24/h5-7,10-12,16,25H,2-4,8-9H2,1H3,(H,23,24)/t16-/m0/s1. The second-order valence-electron chi connectivity index (χ2n) is 6.14. The van der Waals surface area contributed by atoms with Crippen molar-refractivity contribution < 1.29 is 15.1 Å². The lowest BCUT2D eigenvalue weighted by atomic mass is 9.92. The van der Waals surface area contributed by atoms with E-state index in [1.165, 1.54) is 4.90 Å². The minimum Gasteiger partial charge on any atom is -0.465 e. The average Bonchev–Trinajstić information content (AvgIpc) is 3.12. The summed E-state index contributed by atoms with van der Waals surface area (Å²) in [7, 11) is 0. The van der Waals surface area contributed by atoms with Gasteiger partial charge in [-0.2, -0.15) is 5.10 Å². The molecule has 3 rings (SSSR count). The number of nitrogens with zero attached hydrogens (tertiary/aromatic N) is 4. The molecular weight excluding hydrogens is 320 g/mol. The minimum absolute atomic E-state index is 0.395. The van der Waals surface area contributed by atoms with E-state index in [4.69, 9.17) is 0 Å². The predicted molar refractivity (Wildman–Crippen MR) is 94.0 cm³/mol. The maximum atomic E-state index is 11.5. The molecule has 1 aliphatic heterocycles. The van der Waals surface area contributed by atoms with Crippen molar-refractivity contribution >= 4 is 11.8 Å². The molecule has 1 aromatic carbocycles. The van der Waals surface area contributed by atoms with Crippen molar-refractivity contribution in [2.45, 2.75) is 38.8 Å². The van der Waals surface area contributed by atoms with Crippen molar-refractivity contribution in [3.63, 3.8) is 0 Å². The number of oxime groups is 1. The minimum atomic E-state index is -0.980. The van der Waals surface area contributed by atoms with Crippen LogP contribution in [0, 0.1) is 0 Å². The van der Waals surface area contributed by atoms with Crippen molar-refractivity contribution in [2.24, 2.45) is 5.16 Å². The average molecular weight is 342 g/mol. The number of hydrogen-bond acceptors (Lipinski definition) is 4. The summed E-state index contributed by atoms with van der Waals surface area (Å²) in [4.78, 5) is 12.9. The lowest BCUT2D eigenvalue weighted by Crippen LogP contribution is -2.47. The van der Waals surface area contributed by atoms with E-state index in [-0.39, 0.29) is 0 Å². The van der Waals surface area contributed by atoms with Crippen LogP contribution in [0.1, 0.15) is 31.7 Å². The molecule has 0 radical (unpaired) electrons. The van der Waals surface area contributed by atoms with Crippen molar-refractivity contribution in [1.29, 1.82) is 0 Å². The van der Waals surface area contributed by atoms with Crippen LogP contribution in [0.4, 0.5) is 4.79 Å². The van der Waals surface area contributed by atoms with E-state index in [9.17, 15) is 15.1 Å². The number of benzene rings is 1. The summed E-state index contributed by atoms with van der Waals surface area (Å²) in [5.41, 5.74) is 3.05. The van der Waals surface area contributed by atoms with E-state index < -0.39 is 12.1 Å². The fourth-order valence-corrected chi connectivity index (χ4v) is 3.31. The first-order valence-corrected chi connectivity index (χ1v) is 8.48. The van der Waals surface area contributed by atoms with Gasteiger partial charge in [0, 0.05) is 30.4 Å². The van der Waals surface area contributed by atoms with E-state index in [1.54, 1.807) is 6.20 Å². The van der Waals surface area contributed by atoms with E-state index in [1.807, 2.05) is 42.1 Å². The van der Waals surface area contributed by atoms with Crippen LogP contribution in [0.5, 0.6) is 0 Å². The number of aromatic nitrogens is 2. The van der Waals surface area contributed by atoms with Crippen LogP contribution in [0.25, 0.3) is 11.1 Å². The highest BCUT2D eigenvalue weighted by molar-refractivity contribution is 6.06. The van der Waals surface area contributed by atoms with Crippen molar-refractivity contribution in [2.75, 3.05) is 6.54 Å². The zero-order valence-electron chi connectivity index (χ0n) is 14.2. The monoisotopic (exact) mass is 342 g/mol. The molecular formula is C18H22N4O3. The molecule has 0 bridgehead atoms. The van der Waals surface area contributed by atoms with Gasteiger partial charge in [-0.3, -0.25) is 9.58 Å². The summed E-state index contributed by atoms with van der Waals surface area (Å²) in [5.74, 6) is 0. The number of carboxylic acid groups (broad SMARTS) is 1. The Morgan fingerprint density at radius 1 is 1.36 bits per heavy atom. The highest BCUT2D eigenvalue weighted by Gasteiger charge is 2.31. The van der Waals surface area contributed by atoms with E-state index >= 15 is 0 Å². The van der Waals surface area contributed by atoms with Gasteiger partial charge in [0.1, 0.15) is 5.71 Å². The van der Waals surface area contributed by atoms with Gasteiger partial charge in [-0.25, -0.2) is 4.79 Å². The number of carbonyl (C=O) groups is 1. The first-order valence-electron chi connectivity index (χ1n) is 8.48. The summed E-state index contributed by atoms with van der Waals surface area (Å²) in [5, 5.41) is 26.8. The molecule has 1 amide bonds. The summed E-state index contributed by atoms with van der Waals surface area (Å²) < 4.78 is 1.84. The lowest BCUT2D eigenvalue weighted by molar-refractivity contribution is 0.123. The molecule has 0 spiro atoms. The highest BCUT2D eigenvalue weighted by Crippen LogP contribution is 2.25. The quantitative estimate of drug-likeness (QED) is 0.507. The molecule has 1 atom stereocenters. The molecule has 1 fully saturated rings. The van der Waals surface area contributed by atoms with Crippen LogP contribution < -0.4 is 0 Å². The van der Waals surface area contributed by atoms with E-state index in [2.05, 4.69) is 10.3 Å². The Hall–Kier alpha value is -2.83. The van der Waals surface area contributed by atoms with Crippen molar-refractivity contribution in [1.82, 2.24) is 14.7 Å². The maximum absolute atomic E-state index is 11.5. The Labute approximate surface area is 146 Å². The summed E-state index contributed by atoms with van der Waals surface area (Å²) >= 11 is 0. The van der Waals surface area contributed by atoms with Crippen LogP contribution in [-0.2, 0) is 6.54 Å². The van der Waals surface area contributed by atoms with Crippen LogP contribution in [0.2, 0.25) is 0 Å². The number of likely N-dealkylation sites (tertiary alicyclic amines) is 1. The van der Waals surface area contributed by atoms with Crippen LogP contribution >= 0.6 is 0 Å². The normalized spacial score (nSPS) is 18.4. The second-order valence-corrected chi connectivity index (χ2v) is 6.14. The van der Waals surface area contributed by atoms with Gasteiger partial charge >= 0.3 is 6.09 Å². The molecule has 2 heterocycles. The largest absolute Gasteiger partial charge is 0.465 e. The molecule has 25 heavy (non-hydrogen) atoms. The lowest BCUT2D eigenvalue weighted by Gasteiger charge is -2.33. The first-order chi connectivity index (χ1) is 12.1. The molecule has 1 saturated heterocycles. The van der Waals surface area contributed by atoms with Crippen LogP contribution in [0.15, 0.2) is 41.8 Å². The number of rotatable bonds is 4. The maximum Gasteiger partial charge on any atom is 0.407 e. The topological polar surface area (TPSA) is 91.0 Å². The molecule has 2 aromatic rings. The number of aryl methyl sites for hydroxylation is 1. The third-order valence-corrected chi connectivity index (χ3v) is 4.62. The summed E-state index contributed by atoms with van der Waals surface area (Å²) in [6.45, 7) is 3.27. The smallest absolute Gasteiger partial charge is 0.407 e. The number of hydrogen-bond donors (Lipinski definition) is 2. The Bertz CT molecular complexity index is 784. The Morgan fingerprint density at radius 3 is 2.88 bits per heavy atom. The molecule has 1 aliphatic rings. The molecule has 7 heteroatoms. The van der Waals surface area contributed by atoms with Gasteiger partial charge < -0.3 is 10.3 Å². The summed E-state index contributed by atoms with van der Waals surface area (Å²) in [6, 6.07) is 7.18. The zero-order chi connectivity index (χ0) is 17.8. The fourth-order valence-electron chi connectivity index (χ4n) is 3.31. The number of piperidine rings is 1. The Morgan fingerprint density at radius 2 is 2.20 bits per heavy atom. The predicted octanol–water partition coefficient (Wildman–Crippen LogP) is 3.28. The highest BCUT2D eigenvalue weighted by atomic mass is 16.4. The SMILES string of the molecule is CCn1cc(-c2cccc(C(=NO)[C@@H]3CCCCN3C(=O)O)c2)cn1. The molecule has 132 valence electrons. The second kappa shape index (κ2) is 7.38. The van der Waals surface area contributed by atoms with Gasteiger partial charge in [-0.15, -0.1) is 0 Å². The molecule has 1 aromatic heterocycles. The molecule has 2 N–H and O–H groups in total. The van der Waals surface area contributed by atoms with Crippen LogP contribution in [-0.4, -0.2) is 49.4 Å². The molecule has 0 aliphatic carbocycles. The van der Waals surface area contributed by atoms with E-state index in [0.29, 0.717) is 18.7 Å². The van der Waals surface area contributed by atoms with Crippen LogP contribution in [0.3, 0.4) is 0 Å². The van der Waals surface area contributed by atoms with Gasteiger partial charge in [-0.1, -0.05) is 23.4 Å². The van der Waals surface area contributed by atoms with Gasteiger partial charge in [-0.05, 0) is 37.8 Å². The molecule has 7 nitrogen and oxygen atoms in total. The zero-order valence-corrected chi connectivity index (χ0v) is 14.2. The van der Waals surface area contributed by atoms with Gasteiger partial charge in [0.05, 0.1) is 12.2 Å². The Balaban J connectivity index is 1.93. The molecule has 0 saturated carbocycles. The Kier molecular flexibility index (Phi) is 5.02.